The Morgan fingerprint density at radius 1 is 1.55 bits per heavy atom. The smallest absolute Gasteiger partial charge is 0.246 e. The topological polar surface area (TPSA) is 63.6 Å². The minimum absolute atomic E-state index is 0.182. The van der Waals surface area contributed by atoms with E-state index in [1.54, 1.807) is 13.3 Å². The Balaban J connectivity index is 1.87. The molecule has 0 aliphatic heterocycles. The second-order valence-corrected chi connectivity index (χ2v) is 5.07. The summed E-state index contributed by atoms with van der Waals surface area (Å²) in [4.78, 5) is 15.9. The predicted octanol–water partition coefficient (Wildman–Crippen LogP) is 2.15. The molecule has 1 aromatic heterocycles. The zero-order valence-electron chi connectivity index (χ0n) is 11.3. The molecule has 2 aromatic rings. The third-order valence-corrected chi connectivity index (χ3v) is 3.44. The van der Waals surface area contributed by atoms with Crippen molar-refractivity contribution in [1.29, 1.82) is 0 Å². The molecule has 0 aliphatic carbocycles. The van der Waals surface area contributed by atoms with E-state index in [2.05, 4.69) is 15.5 Å². The van der Waals surface area contributed by atoms with Gasteiger partial charge in [0.2, 0.25) is 5.91 Å². The summed E-state index contributed by atoms with van der Waals surface area (Å²) >= 11 is 1.47. The van der Waals surface area contributed by atoms with Gasteiger partial charge in [0.15, 0.2) is 0 Å². The molecule has 2 rings (SSSR count). The molecular formula is C14H15N3O2S. The van der Waals surface area contributed by atoms with Crippen LogP contribution in [0.3, 0.4) is 0 Å². The summed E-state index contributed by atoms with van der Waals surface area (Å²) in [5.74, 6) is 0.567. The number of nitrogens with zero attached hydrogens (tertiary/aromatic N) is 2. The van der Waals surface area contributed by atoms with Gasteiger partial charge in [0.25, 0.3) is 0 Å². The minimum atomic E-state index is -0.182. The lowest BCUT2D eigenvalue weighted by Crippen LogP contribution is -2.19. The van der Waals surface area contributed by atoms with Gasteiger partial charge in [0.05, 0.1) is 19.7 Å². The van der Waals surface area contributed by atoms with E-state index < -0.39 is 0 Å². The van der Waals surface area contributed by atoms with Crippen molar-refractivity contribution in [2.45, 2.75) is 13.3 Å². The van der Waals surface area contributed by atoms with Gasteiger partial charge in [0, 0.05) is 11.1 Å². The maximum Gasteiger partial charge on any atom is 0.246 e. The summed E-state index contributed by atoms with van der Waals surface area (Å²) in [5.41, 5.74) is 4.27. The van der Waals surface area contributed by atoms with Crippen LogP contribution in [0.5, 0.6) is 5.75 Å². The average Bonchev–Trinajstić information content (AvgIpc) is 2.84. The molecule has 0 unspecified atom stereocenters. The van der Waals surface area contributed by atoms with Crippen molar-refractivity contribution in [1.82, 2.24) is 10.4 Å². The number of carbonyl (C=O) groups excluding carboxylic acids is 1. The number of benzene rings is 1. The Kier molecular flexibility index (Phi) is 4.84. The monoisotopic (exact) mass is 289 g/mol. The summed E-state index contributed by atoms with van der Waals surface area (Å²) in [6.07, 6.45) is 1.82. The summed E-state index contributed by atoms with van der Waals surface area (Å²) in [6, 6.07) is 7.42. The van der Waals surface area contributed by atoms with E-state index in [9.17, 15) is 4.79 Å². The summed E-state index contributed by atoms with van der Waals surface area (Å²) in [7, 11) is 1.61. The number of hydrogen-bond donors (Lipinski definition) is 1. The Labute approximate surface area is 121 Å². The third kappa shape index (κ3) is 4.17. The molecule has 0 radical (unpaired) electrons. The molecule has 1 amide bonds. The molecule has 0 aliphatic rings. The quantitative estimate of drug-likeness (QED) is 0.677. The molecule has 1 aromatic carbocycles. The zero-order chi connectivity index (χ0) is 14.4. The Morgan fingerprint density at radius 2 is 2.40 bits per heavy atom. The first-order chi connectivity index (χ1) is 9.67. The van der Waals surface area contributed by atoms with E-state index in [-0.39, 0.29) is 12.3 Å². The van der Waals surface area contributed by atoms with Crippen LogP contribution >= 0.6 is 11.3 Å². The van der Waals surface area contributed by atoms with Gasteiger partial charge in [0.1, 0.15) is 10.8 Å². The number of thiazole rings is 1. The van der Waals surface area contributed by atoms with Gasteiger partial charge in [-0.25, -0.2) is 10.4 Å². The highest BCUT2D eigenvalue weighted by molar-refractivity contribution is 7.09. The van der Waals surface area contributed by atoms with Crippen LogP contribution < -0.4 is 10.2 Å². The molecule has 0 atom stereocenters. The average molecular weight is 289 g/mol. The summed E-state index contributed by atoms with van der Waals surface area (Å²) in [6.45, 7) is 1.90. The van der Waals surface area contributed by atoms with Crippen LogP contribution in [-0.4, -0.2) is 24.2 Å². The van der Waals surface area contributed by atoms with Crippen LogP contribution in [-0.2, 0) is 11.2 Å². The molecule has 5 nitrogen and oxygen atoms in total. The Hall–Kier alpha value is -2.21. The third-order valence-electron chi connectivity index (χ3n) is 2.48. The van der Waals surface area contributed by atoms with Crippen molar-refractivity contribution in [2.24, 2.45) is 5.10 Å². The number of carbonyl (C=O) groups is 1. The highest BCUT2D eigenvalue weighted by Crippen LogP contribution is 2.11. The second kappa shape index (κ2) is 6.81. The maximum atomic E-state index is 11.7. The van der Waals surface area contributed by atoms with Crippen LogP contribution in [0.2, 0.25) is 0 Å². The lowest BCUT2D eigenvalue weighted by atomic mass is 10.2. The molecule has 0 saturated carbocycles. The molecule has 0 bridgehead atoms. The first-order valence-electron chi connectivity index (χ1n) is 6.04. The van der Waals surface area contributed by atoms with Gasteiger partial charge >= 0.3 is 0 Å². The number of hydrogen-bond acceptors (Lipinski definition) is 5. The van der Waals surface area contributed by atoms with Crippen molar-refractivity contribution in [3.05, 3.63) is 45.9 Å². The van der Waals surface area contributed by atoms with E-state index in [4.69, 9.17) is 4.74 Å². The van der Waals surface area contributed by atoms with E-state index in [0.717, 1.165) is 22.0 Å². The van der Waals surface area contributed by atoms with Crippen molar-refractivity contribution in [2.75, 3.05) is 7.11 Å². The number of methoxy groups -OCH3 is 1. The van der Waals surface area contributed by atoms with Crippen molar-refractivity contribution >= 4 is 23.5 Å². The Bertz CT molecular complexity index is 622. The number of ether oxygens (including phenoxy) is 1. The molecule has 0 saturated heterocycles. The van der Waals surface area contributed by atoms with Gasteiger partial charge < -0.3 is 4.74 Å². The highest BCUT2D eigenvalue weighted by Gasteiger charge is 2.05. The minimum Gasteiger partial charge on any atom is -0.497 e. The van der Waals surface area contributed by atoms with Crippen LogP contribution in [0.15, 0.2) is 34.7 Å². The van der Waals surface area contributed by atoms with E-state index >= 15 is 0 Å². The fourth-order valence-electron chi connectivity index (χ4n) is 1.56. The molecule has 1 N–H and O–H groups in total. The fourth-order valence-corrected chi connectivity index (χ4v) is 2.33. The fraction of sp³-hybridized carbons (Fsp3) is 0.214. The van der Waals surface area contributed by atoms with E-state index in [1.165, 1.54) is 11.3 Å². The number of rotatable bonds is 5. The lowest BCUT2D eigenvalue weighted by molar-refractivity contribution is -0.120. The van der Waals surface area contributed by atoms with Crippen molar-refractivity contribution in [3.8, 4) is 5.75 Å². The van der Waals surface area contributed by atoms with Crippen molar-refractivity contribution < 1.29 is 9.53 Å². The number of aromatic nitrogens is 1. The number of nitrogens with one attached hydrogen (secondary N) is 1. The molecule has 104 valence electrons. The van der Waals surface area contributed by atoms with Gasteiger partial charge in [-0.3, -0.25) is 4.79 Å². The Morgan fingerprint density at radius 3 is 3.10 bits per heavy atom. The largest absolute Gasteiger partial charge is 0.497 e. The predicted molar refractivity (Wildman–Crippen MR) is 79.3 cm³/mol. The van der Waals surface area contributed by atoms with Gasteiger partial charge in [-0.15, -0.1) is 11.3 Å². The molecule has 6 heteroatoms. The van der Waals surface area contributed by atoms with Crippen LogP contribution in [0, 0.1) is 6.92 Å². The van der Waals surface area contributed by atoms with Gasteiger partial charge in [-0.05, 0) is 24.6 Å². The molecule has 20 heavy (non-hydrogen) atoms. The summed E-state index contributed by atoms with van der Waals surface area (Å²) < 4.78 is 5.11. The van der Waals surface area contributed by atoms with E-state index in [1.807, 2.05) is 36.6 Å². The van der Waals surface area contributed by atoms with Crippen molar-refractivity contribution in [3.63, 3.8) is 0 Å². The molecule has 1 heterocycles. The summed E-state index contributed by atoms with van der Waals surface area (Å²) in [5, 5.41) is 6.62. The second-order valence-electron chi connectivity index (χ2n) is 4.13. The SMILES string of the molecule is COc1cccc(/C=N\NC(=O)Cc2nc(C)cs2)c1. The normalized spacial score (nSPS) is 10.7. The number of amides is 1. The first kappa shape index (κ1) is 14.2. The first-order valence-corrected chi connectivity index (χ1v) is 6.92. The van der Waals surface area contributed by atoms with Crippen LogP contribution in [0.1, 0.15) is 16.3 Å². The highest BCUT2D eigenvalue weighted by atomic mass is 32.1. The number of hydrazone groups is 1. The molecule has 0 spiro atoms. The molecular weight excluding hydrogens is 274 g/mol. The van der Waals surface area contributed by atoms with Gasteiger partial charge in [-0.1, -0.05) is 12.1 Å². The van der Waals surface area contributed by atoms with E-state index in [0.29, 0.717) is 0 Å². The number of aryl methyl sites for hydroxylation is 1. The zero-order valence-corrected chi connectivity index (χ0v) is 12.1. The lowest BCUT2D eigenvalue weighted by Gasteiger charge is -2.00. The van der Waals surface area contributed by atoms with Gasteiger partial charge in [-0.2, -0.15) is 5.10 Å². The molecule has 0 fully saturated rings. The van der Waals surface area contributed by atoms with Crippen LogP contribution in [0.4, 0.5) is 0 Å². The maximum absolute atomic E-state index is 11.7. The standard InChI is InChI=1S/C14H15N3O2S/c1-10-9-20-14(16-10)7-13(18)17-15-8-11-4-3-5-12(6-11)19-2/h3-6,8-9H,7H2,1-2H3,(H,17,18)/b15-8-. The van der Waals surface area contributed by atoms with Crippen LogP contribution in [0.25, 0.3) is 0 Å².